The largest absolute Gasteiger partial charge is 0.336 e. The normalized spacial score (nSPS) is 10.6. The van der Waals surface area contributed by atoms with E-state index in [1.807, 2.05) is 31.2 Å². The molecule has 0 unspecified atom stereocenters. The zero-order chi connectivity index (χ0) is 10.1. The topological polar surface area (TPSA) is 67.7 Å². The number of hydrogen-bond donors (Lipinski definition) is 2. The van der Waals surface area contributed by atoms with Crippen molar-refractivity contribution < 1.29 is 0 Å². The van der Waals surface area contributed by atoms with Gasteiger partial charge in [0.05, 0.1) is 5.52 Å². The Labute approximate surface area is 81.5 Å². The number of nitrogens with one attached hydrogen (secondary N) is 1. The maximum atomic E-state index is 7.83. The number of aryl methyl sites for hydroxylation is 1. The number of nitrogens with two attached hydrogens (primary N) is 1. The van der Waals surface area contributed by atoms with Gasteiger partial charge >= 0.3 is 0 Å². The van der Waals surface area contributed by atoms with E-state index in [-0.39, 0.29) is 0 Å². The molecular weight excluding hydrogens is 176 g/mol. The molecule has 2 aromatic rings. The molecule has 0 aliphatic rings. The van der Waals surface area contributed by atoms with Gasteiger partial charge in [-0.2, -0.15) is 0 Å². The molecule has 0 saturated carbocycles. The quantitative estimate of drug-likeness (QED) is 0.650. The number of benzene rings is 1. The summed E-state index contributed by atoms with van der Waals surface area (Å²) in [6, 6.07) is 7.54. The summed E-state index contributed by atoms with van der Waals surface area (Å²) < 4.78 is 1.34. The Morgan fingerprint density at radius 3 is 2.86 bits per heavy atom. The lowest BCUT2D eigenvalue weighted by Gasteiger charge is -2.07. The van der Waals surface area contributed by atoms with Crippen LogP contribution in [0, 0.1) is 5.41 Å². The van der Waals surface area contributed by atoms with Crippen molar-refractivity contribution in [3.63, 3.8) is 0 Å². The van der Waals surface area contributed by atoms with E-state index in [1.54, 1.807) is 0 Å². The zero-order valence-electron chi connectivity index (χ0n) is 7.99. The number of nitrogen functional groups attached to an aromatic ring is 1. The molecule has 0 saturated heterocycles. The Balaban J connectivity index is 2.92. The zero-order valence-corrected chi connectivity index (χ0v) is 7.99. The van der Waals surface area contributed by atoms with Crippen LogP contribution < -0.4 is 11.3 Å². The van der Waals surface area contributed by atoms with Crippen molar-refractivity contribution in [3.8, 4) is 0 Å². The van der Waals surface area contributed by atoms with Crippen LogP contribution in [0.15, 0.2) is 24.3 Å². The first-order valence-corrected chi connectivity index (χ1v) is 4.54. The minimum Gasteiger partial charge on any atom is -0.336 e. The number of para-hydroxylation sites is 1. The van der Waals surface area contributed by atoms with Crippen molar-refractivity contribution in [1.29, 1.82) is 5.41 Å². The first-order chi connectivity index (χ1) is 6.74. The summed E-state index contributed by atoms with van der Waals surface area (Å²) in [5, 5.41) is 8.61. The first kappa shape index (κ1) is 8.74. The molecule has 72 valence electrons. The summed E-state index contributed by atoms with van der Waals surface area (Å²) in [6.45, 7) is 1.97. The summed E-state index contributed by atoms with van der Waals surface area (Å²) in [5.74, 6) is 6.46. The van der Waals surface area contributed by atoms with E-state index >= 15 is 0 Å². The average Bonchev–Trinajstić information content (AvgIpc) is 2.23. The summed E-state index contributed by atoms with van der Waals surface area (Å²) >= 11 is 0. The molecule has 0 amide bonds. The van der Waals surface area contributed by atoms with Crippen molar-refractivity contribution in [1.82, 2.24) is 9.66 Å². The molecule has 0 aliphatic heterocycles. The van der Waals surface area contributed by atoms with E-state index in [4.69, 9.17) is 11.3 Å². The average molecular weight is 188 g/mol. The van der Waals surface area contributed by atoms with Gasteiger partial charge in [0.15, 0.2) is 5.49 Å². The predicted molar refractivity (Wildman–Crippen MR) is 55.1 cm³/mol. The molecule has 1 heterocycles. The van der Waals surface area contributed by atoms with Crippen LogP contribution >= 0.6 is 0 Å². The van der Waals surface area contributed by atoms with Crippen LogP contribution in [0.3, 0.4) is 0 Å². The fraction of sp³-hybridized carbons (Fsp3) is 0.200. The smallest absolute Gasteiger partial charge is 0.154 e. The first-order valence-electron chi connectivity index (χ1n) is 4.54. The lowest BCUT2D eigenvalue weighted by atomic mass is 10.2. The molecule has 0 bridgehead atoms. The highest BCUT2D eigenvalue weighted by atomic mass is 15.3. The lowest BCUT2D eigenvalue weighted by molar-refractivity contribution is 0.774. The second-order valence-electron chi connectivity index (χ2n) is 3.12. The fourth-order valence-electron chi connectivity index (χ4n) is 1.47. The Morgan fingerprint density at radius 2 is 2.14 bits per heavy atom. The van der Waals surface area contributed by atoms with Crippen LogP contribution in [-0.4, -0.2) is 9.66 Å². The molecule has 0 radical (unpaired) electrons. The van der Waals surface area contributed by atoms with Gasteiger partial charge in [-0.3, -0.25) is 5.41 Å². The minimum absolute atomic E-state index is 0.312. The van der Waals surface area contributed by atoms with Gasteiger partial charge in [-0.15, -0.1) is 0 Å². The van der Waals surface area contributed by atoms with Gasteiger partial charge in [0, 0.05) is 11.8 Å². The molecular formula is C10H12N4. The van der Waals surface area contributed by atoms with Crippen molar-refractivity contribution in [2.24, 2.45) is 0 Å². The Kier molecular flexibility index (Phi) is 1.96. The van der Waals surface area contributed by atoms with Gasteiger partial charge in [-0.25, -0.2) is 9.66 Å². The molecule has 0 fully saturated rings. The molecule has 4 heteroatoms. The van der Waals surface area contributed by atoms with Crippen molar-refractivity contribution in [2.45, 2.75) is 13.3 Å². The van der Waals surface area contributed by atoms with Gasteiger partial charge in [0.2, 0.25) is 0 Å². The van der Waals surface area contributed by atoms with E-state index in [0.717, 1.165) is 23.1 Å². The predicted octanol–water partition coefficient (Wildman–Crippen LogP) is 0.792. The van der Waals surface area contributed by atoms with Crippen LogP contribution in [0.2, 0.25) is 0 Å². The van der Waals surface area contributed by atoms with E-state index in [0.29, 0.717) is 5.49 Å². The van der Waals surface area contributed by atoms with Crippen LogP contribution in [0.4, 0.5) is 0 Å². The summed E-state index contributed by atoms with van der Waals surface area (Å²) in [4.78, 5) is 4.37. The van der Waals surface area contributed by atoms with Crippen LogP contribution in [0.25, 0.3) is 10.9 Å². The maximum absolute atomic E-state index is 7.83. The highest BCUT2D eigenvalue weighted by Gasteiger charge is 2.03. The molecule has 4 nitrogen and oxygen atoms in total. The van der Waals surface area contributed by atoms with E-state index in [1.165, 1.54) is 4.68 Å². The third-order valence-electron chi connectivity index (χ3n) is 2.24. The Hall–Kier alpha value is -1.84. The molecule has 1 aromatic heterocycles. The van der Waals surface area contributed by atoms with Gasteiger partial charge < -0.3 is 5.84 Å². The number of aromatic nitrogens is 2. The Bertz CT molecular complexity index is 527. The highest BCUT2D eigenvalue weighted by molar-refractivity contribution is 5.76. The van der Waals surface area contributed by atoms with Gasteiger partial charge in [0.25, 0.3) is 0 Å². The number of nitrogens with zero attached hydrogens (tertiary/aromatic N) is 2. The molecule has 2 rings (SSSR count). The third kappa shape index (κ3) is 1.16. The van der Waals surface area contributed by atoms with Crippen LogP contribution in [-0.2, 0) is 6.42 Å². The number of fused-ring (bicyclic) bond motifs is 1. The minimum atomic E-state index is 0.312. The molecule has 0 spiro atoms. The molecule has 3 N–H and O–H groups in total. The molecule has 1 aromatic carbocycles. The summed E-state index contributed by atoms with van der Waals surface area (Å²) in [5.41, 5.74) is 1.14. The van der Waals surface area contributed by atoms with Crippen molar-refractivity contribution in [3.05, 3.63) is 35.6 Å². The third-order valence-corrected chi connectivity index (χ3v) is 2.24. The molecule has 0 aliphatic carbocycles. The SMILES string of the molecule is CCc1nc2ccccc2c(=N)n1N. The second-order valence-corrected chi connectivity index (χ2v) is 3.12. The summed E-state index contributed by atoms with van der Waals surface area (Å²) in [7, 11) is 0. The lowest BCUT2D eigenvalue weighted by Crippen LogP contribution is -2.31. The highest BCUT2D eigenvalue weighted by Crippen LogP contribution is 2.06. The van der Waals surface area contributed by atoms with Crippen molar-refractivity contribution in [2.75, 3.05) is 5.84 Å². The van der Waals surface area contributed by atoms with Crippen LogP contribution in [0.5, 0.6) is 0 Å². The van der Waals surface area contributed by atoms with Gasteiger partial charge in [-0.05, 0) is 12.1 Å². The maximum Gasteiger partial charge on any atom is 0.154 e. The number of hydrogen-bond acceptors (Lipinski definition) is 3. The number of rotatable bonds is 1. The standard InChI is InChI=1S/C10H12N4/c1-2-9-13-8-6-4-3-5-7(8)10(11)14(9)12/h3-6,11H,2,12H2,1H3. The molecule has 0 atom stereocenters. The van der Waals surface area contributed by atoms with E-state index in [9.17, 15) is 0 Å². The van der Waals surface area contributed by atoms with E-state index in [2.05, 4.69) is 4.98 Å². The van der Waals surface area contributed by atoms with Crippen molar-refractivity contribution >= 4 is 10.9 Å². The monoisotopic (exact) mass is 188 g/mol. The van der Waals surface area contributed by atoms with E-state index < -0.39 is 0 Å². The second kappa shape index (κ2) is 3.14. The molecule has 14 heavy (non-hydrogen) atoms. The van der Waals surface area contributed by atoms with Gasteiger partial charge in [0.1, 0.15) is 5.82 Å². The fourth-order valence-corrected chi connectivity index (χ4v) is 1.47. The Morgan fingerprint density at radius 1 is 1.43 bits per heavy atom. The summed E-state index contributed by atoms with van der Waals surface area (Å²) in [6.07, 6.45) is 0.729. The van der Waals surface area contributed by atoms with Crippen LogP contribution in [0.1, 0.15) is 12.7 Å². The van der Waals surface area contributed by atoms with Gasteiger partial charge in [-0.1, -0.05) is 19.1 Å².